The molecule has 1 aromatic carbocycles. The maximum Gasteiger partial charge on any atom is 0.335 e. The van der Waals surface area contributed by atoms with Gasteiger partial charge in [-0.05, 0) is 50.5 Å². The molecule has 2 aromatic rings. The third-order valence-corrected chi connectivity index (χ3v) is 3.32. The first-order valence-electron chi connectivity index (χ1n) is 6.52. The molecule has 0 bridgehead atoms. The Morgan fingerprint density at radius 3 is 2.68 bits per heavy atom. The first-order valence-corrected chi connectivity index (χ1v) is 6.52. The first kappa shape index (κ1) is 13.6. The van der Waals surface area contributed by atoms with Gasteiger partial charge in [0.2, 0.25) is 0 Å². The number of aryl methyl sites for hydroxylation is 1. The molecule has 0 saturated carbocycles. The highest BCUT2D eigenvalue weighted by atomic mass is 16.4. The molecule has 0 aliphatic rings. The van der Waals surface area contributed by atoms with E-state index >= 15 is 0 Å². The summed E-state index contributed by atoms with van der Waals surface area (Å²) < 4.78 is 2.15. The monoisotopic (exact) mass is 261 g/mol. The van der Waals surface area contributed by atoms with E-state index in [0.29, 0.717) is 18.0 Å². The number of aliphatic hydroxyl groups is 1. The lowest BCUT2D eigenvalue weighted by Gasteiger charge is -2.08. The summed E-state index contributed by atoms with van der Waals surface area (Å²) in [6.07, 6.45) is 3.51. The molecule has 2 rings (SSSR count). The number of nitrogens with zero attached hydrogens (tertiary/aromatic N) is 1. The summed E-state index contributed by atoms with van der Waals surface area (Å²) in [5.74, 6) is -0.910. The summed E-state index contributed by atoms with van der Waals surface area (Å²) >= 11 is 0. The van der Waals surface area contributed by atoms with Crippen molar-refractivity contribution in [3.63, 3.8) is 0 Å². The molecule has 4 heteroatoms. The number of aliphatic hydroxyl groups excluding tert-OH is 1. The Labute approximate surface area is 112 Å². The van der Waals surface area contributed by atoms with Crippen molar-refractivity contribution in [2.75, 3.05) is 6.61 Å². The van der Waals surface area contributed by atoms with Gasteiger partial charge >= 0.3 is 5.97 Å². The number of aromatic nitrogens is 1. The first-order chi connectivity index (χ1) is 9.04. The van der Waals surface area contributed by atoms with E-state index in [4.69, 9.17) is 10.2 Å². The third kappa shape index (κ3) is 2.63. The Hall–Kier alpha value is -1.81. The minimum Gasteiger partial charge on any atom is -0.478 e. The number of carboxylic acids is 1. The van der Waals surface area contributed by atoms with Crippen LogP contribution < -0.4 is 0 Å². The van der Waals surface area contributed by atoms with Gasteiger partial charge in [0, 0.05) is 29.7 Å². The normalized spacial score (nSPS) is 11.4. The SMILES string of the molecule is CC(C)n1cc(CCCO)c2cc(C(=O)O)ccc21. The average molecular weight is 261 g/mol. The Balaban J connectivity index is 2.58. The molecule has 0 atom stereocenters. The van der Waals surface area contributed by atoms with Gasteiger partial charge in [-0.3, -0.25) is 0 Å². The Bertz CT molecular complexity index is 599. The van der Waals surface area contributed by atoms with Gasteiger partial charge in [-0.25, -0.2) is 4.79 Å². The van der Waals surface area contributed by atoms with Crippen molar-refractivity contribution in [1.82, 2.24) is 4.57 Å². The Morgan fingerprint density at radius 1 is 1.37 bits per heavy atom. The zero-order valence-corrected chi connectivity index (χ0v) is 11.3. The number of aromatic carboxylic acids is 1. The molecule has 0 unspecified atom stereocenters. The molecule has 102 valence electrons. The van der Waals surface area contributed by atoms with Gasteiger partial charge in [0.05, 0.1) is 5.56 Å². The van der Waals surface area contributed by atoms with E-state index < -0.39 is 5.97 Å². The standard InChI is InChI=1S/C15H19NO3/c1-10(2)16-9-12(4-3-7-17)13-8-11(15(18)19)5-6-14(13)16/h5-6,8-10,17H,3-4,7H2,1-2H3,(H,18,19). The van der Waals surface area contributed by atoms with Crippen molar-refractivity contribution in [2.45, 2.75) is 32.7 Å². The molecule has 0 spiro atoms. The summed E-state index contributed by atoms with van der Waals surface area (Å²) in [6.45, 7) is 4.34. The van der Waals surface area contributed by atoms with Crippen LogP contribution in [0.25, 0.3) is 10.9 Å². The van der Waals surface area contributed by atoms with Gasteiger partial charge in [-0.1, -0.05) is 0 Å². The summed E-state index contributed by atoms with van der Waals surface area (Å²) in [5.41, 5.74) is 2.45. The number of carboxylic acid groups (broad SMARTS) is 1. The van der Waals surface area contributed by atoms with Gasteiger partial charge in [0.1, 0.15) is 0 Å². The molecule has 0 radical (unpaired) electrons. The number of rotatable bonds is 5. The van der Waals surface area contributed by atoms with Gasteiger partial charge in [0.15, 0.2) is 0 Å². The smallest absolute Gasteiger partial charge is 0.335 e. The van der Waals surface area contributed by atoms with E-state index in [-0.39, 0.29) is 6.61 Å². The van der Waals surface area contributed by atoms with Crippen molar-refractivity contribution in [3.05, 3.63) is 35.5 Å². The highest BCUT2D eigenvalue weighted by Gasteiger charge is 2.13. The van der Waals surface area contributed by atoms with Gasteiger partial charge in [0.25, 0.3) is 0 Å². The van der Waals surface area contributed by atoms with Gasteiger partial charge in [-0.2, -0.15) is 0 Å². The largest absolute Gasteiger partial charge is 0.478 e. The van der Waals surface area contributed by atoms with Crippen molar-refractivity contribution < 1.29 is 15.0 Å². The fraction of sp³-hybridized carbons (Fsp3) is 0.400. The fourth-order valence-electron chi connectivity index (χ4n) is 2.35. The molecule has 0 aliphatic carbocycles. The van der Waals surface area contributed by atoms with Crippen LogP contribution in [-0.4, -0.2) is 27.4 Å². The Kier molecular flexibility index (Phi) is 3.90. The molecule has 1 heterocycles. The lowest BCUT2D eigenvalue weighted by Crippen LogP contribution is -1.99. The van der Waals surface area contributed by atoms with Crippen molar-refractivity contribution in [1.29, 1.82) is 0 Å². The van der Waals surface area contributed by atoms with Crippen molar-refractivity contribution in [3.8, 4) is 0 Å². The maximum absolute atomic E-state index is 11.1. The van der Waals surface area contributed by atoms with E-state index in [2.05, 4.69) is 24.6 Å². The van der Waals surface area contributed by atoms with Crippen LogP contribution in [0.4, 0.5) is 0 Å². The lowest BCUT2D eigenvalue weighted by atomic mass is 10.1. The number of hydrogen-bond acceptors (Lipinski definition) is 2. The maximum atomic E-state index is 11.1. The molecule has 0 aliphatic heterocycles. The molecular weight excluding hydrogens is 242 g/mol. The highest BCUT2D eigenvalue weighted by Crippen LogP contribution is 2.26. The predicted molar refractivity (Wildman–Crippen MR) is 74.7 cm³/mol. The second-order valence-electron chi connectivity index (χ2n) is 5.02. The topological polar surface area (TPSA) is 62.5 Å². The minimum absolute atomic E-state index is 0.146. The van der Waals surface area contributed by atoms with E-state index in [1.807, 2.05) is 6.07 Å². The van der Waals surface area contributed by atoms with Crippen molar-refractivity contribution in [2.24, 2.45) is 0 Å². The summed E-state index contributed by atoms with van der Waals surface area (Å²) in [5, 5.41) is 19.0. The number of carbonyl (C=O) groups is 1. The van der Waals surface area contributed by atoms with Crippen LogP contribution >= 0.6 is 0 Å². The molecule has 0 amide bonds. The number of benzene rings is 1. The minimum atomic E-state index is -0.910. The molecule has 19 heavy (non-hydrogen) atoms. The van der Waals surface area contributed by atoms with Gasteiger partial charge in [-0.15, -0.1) is 0 Å². The molecular formula is C15H19NO3. The van der Waals surface area contributed by atoms with Crippen LogP contribution in [0.2, 0.25) is 0 Å². The predicted octanol–water partition coefficient (Wildman–Crippen LogP) is 2.85. The van der Waals surface area contributed by atoms with Crippen LogP contribution in [0, 0.1) is 0 Å². The zero-order chi connectivity index (χ0) is 14.0. The zero-order valence-electron chi connectivity index (χ0n) is 11.3. The highest BCUT2D eigenvalue weighted by molar-refractivity contribution is 5.95. The number of hydrogen-bond donors (Lipinski definition) is 2. The molecule has 0 saturated heterocycles. The van der Waals surface area contributed by atoms with E-state index in [1.165, 1.54) is 0 Å². The quantitative estimate of drug-likeness (QED) is 0.870. The van der Waals surface area contributed by atoms with Crippen LogP contribution in [0.5, 0.6) is 0 Å². The molecule has 0 fully saturated rings. The van der Waals surface area contributed by atoms with Crippen LogP contribution in [-0.2, 0) is 6.42 Å². The second-order valence-corrected chi connectivity index (χ2v) is 5.02. The Morgan fingerprint density at radius 2 is 2.11 bits per heavy atom. The average Bonchev–Trinajstić information content (AvgIpc) is 2.74. The van der Waals surface area contributed by atoms with Gasteiger partial charge < -0.3 is 14.8 Å². The fourth-order valence-corrected chi connectivity index (χ4v) is 2.35. The lowest BCUT2D eigenvalue weighted by molar-refractivity contribution is 0.0697. The van der Waals surface area contributed by atoms with Crippen LogP contribution in [0.1, 0.15) is 42.2 Å². The summed E-state index contributed by atoms with van der Waals surface area (Å²) in [4.78, 5) is 11.1. The number of fused-ring (bicyclic) bond motifs is 1. The van der Waals surface area contributed by atoms with Crippen LogP contribution in [0.3, 0.4) is 0 Å². The third-order valence-electron chi connectivity index (χ3n) is 3.32. The van der Waals surface area contributed by atoms with Crippen LogP contribution in [0.15, 0.2) is 24.4 Å². The van der Waals surface area contributed by atoms with E-state index in [0.717, 1.165) is 22.9 Å². The van der Waals surface area contributed by atoms with E-state index in [9.17, 15) is 4.79 Å². The molecule has 4 nitrogen and oxygen atoms in total. The summed E-state index contributed by atoms with van der Waals surface area (Å²) in [7, 11) is 0. The van der Waals surface area contributed by atoms with Crippen molar-refractivity contribution >= 4 is 16.9 Å². The summed E-state index contributed by atoms with van der Waals surface area (Å²) in [6, 6.07) is 5.55. The second kappa shape index (κ2) is 5.45. The molecule has 2 N–H and O–H groups in total. The van der Waals surface area contributed by atoms with E-state index in [1.54, 1.807) is 12.1 Å². The molecule has 1 aromatic heterocycles.